The first-order chi connectivity index (χ1) is 25.6. The lowest BCUT2D eigenvalue weighted by Crippen LogP contribution is -2.41. The van der Waals surface area contributed by atoms with Crippen LogP contribution in [0.4, 0.5) is 16.2 Å². The largest absolute Gasteiger partial charge is 0.445 e. The number of carbonyl (C=O) groups excluding carboxylic acids is 5. The molecule has 268 valence electrons. The van der Waals surface area contributed by atoms with Crippen LogP contribution in [0.3, 0.4) is 0 Å². The van der Waals surface area contributed by atoms with Gasteiger partial charge < -0.3 is 25.8 Å². The van der Waals surface area contributed by atoms with E-state index in [2.05, 4.69) is 15.3 Å². The number of aromatic nitrogens is 2. The number of hydrogen-bond acceptors (Lipinski definition) is 7. The van der Waals surface area contributed by atoms with Crippen molar-refractivity contribution in [3.05, 3.63) is 142 Å². The van der Waals surface area contributed by atoms with Gasteiger partial charge in [-0.05, 0) is 73.9 Å². The number of nitrogens with zero attached hydrogens (tertiary/aromatic N) is 2. The first kappa shape index (κ1) is 36.0. The minimum absolute atomic E-state index is 0.0914. The monoisotopic (exact) mass is 710 g/mol. The molecule has 7 rings (SSSR count). The summed E-state index contributed by atoms with van der Waals surface area (Å²) in [4.78, 5) is 71.1. The zero-order valence-corrected chi connectivity index (χ0v) is 29.4. The summed E-state index contributed by atoms with van der Waals surface area (Å²) in [6, 6.07) is 27.5. The summed E-state index contributed by atoms with van der Waals surface area (Å²) in [5.74, 6) is -1.70. The molecule has 12 nitrogen and oxygen atoms in total. The smallest absolute Gasteiger partial charge is 0.407 e. The number of imide groups is 2. The summed E-state index contributed by atoms with van der Waals surface area (Å²) in [6.45, 7) is 5.38. The lowest BCUT2D eigenvalue weighted by molar-refractivity contribution is -0.124. The molecule has 5 amide bonds. The number of nitrogens with one attached hydrogen (secondary N) is 3. The Morgan fingerprint density at radius 2 is 1.30 bits per heavy atom. The maximum absolute atomic E-state index is 13.2. The summed E-state index contributed by atoms with van der Waals surface area (Å²) >= 11 is 0. The molecule has 0 saturated carbocycles. The molecule has 3 aromatic carbocycles. The second-order valence-electron chi connectivity index (χ2n) is 12.5. The predicted molar refractivity (Wildman–Crippen MR) is 203 cm³/mol. The van der Waals surface area contributed by atoms with Gasteiger partial charge in [-0.2, -0.15) is 0 Å². The van der Waals surface area contributed by atoms with Crippen LogP contribution < -0.4 is 20.9 Å². The molecule has 0 atom stereocenters. The highest BCUT2D eigenvalue weighted by atomic mass is 16.5. The molecule has 53 heavy (non-hydrogen) atoms. The number of anilines is 2. The van der Waals surface area contributed by atoms with Gasteiger partial charge in [-0.25, -0.2) is 14.6 Å². The lowest BCUT2D eigenvalue weighted by Gasteiger charge is -2.15. The van der Waals surface area contributed by atoms with E-state index in [0.29, 0.717) is 28.1 Å². The van der Waals surface area contributed by atoms with Gasteiger partial charge in [0.2, 0.25) is 5.91 Å². The molecule has 0 fully saturated rings. The van der Waals surface area contributed by atoms with Gasteiger partial charge in [0.05, 0.1) is 29.1 Å². The van der Waals surface area contributed by atoms with E-state index in [9.17, 15) is 24.0 Å². The van der Waals surface area contributed by atoms with Crippen molar-refractivity contribution < 1.29 is 28.7 Å². The Hall–Kier alpha value is -6.79. The first-order valence-corrected chi connectivity index (χ1v) is 16.9. The third kappa shape index (κ3) is 7.63. The number of alkyl carbamates (subject to hydrolysis) is 1. The molecule has 5 aromatic rings. The van der Waals surface area contributed by atoms with Gasteiger partial charge >= 0.3 is 6.09 Å². The summed E-state index contributed by atoms with van der Waals surface area (Å²) < 4.78 is 5.13. The minimum Gasteiger partial charge on any atom is -0.445 e. The lowest BCUT2D eigenvalue weighted by atomic mass is 10.1. The summed E-state index contributed by atoms with van der Waals surface area (Å²) in [7, 11) is 0. The van der Waals surface area contributed by atoms with Crippen molar-refractivity contribution in [3.8, 4) is 0 Å². The van der Waals surface area contributed by atoms with Crippen LogP contribution in [0.15, 0.2) is 97.2 Å². The number of H-pyrrole nitrogens is 2. The number of rotatable bonds is 7. The van der Waals surface area contributed by atoms with E-state index in [1.807, 2.05) is 87.6 Å². The fourth-order valence-corrected chi connectivity index (χ4v) is 6.15. The number of para-hydroxylation sites is 2. The van der Waals surface area contributed by atoms with Crippen LogP contribution in [0.5, 0.6) is 0 Å². The predicted octanol–water partition coefficient (Wildman–Crippen LogP) is 5.67. The van der Waals surface area contributed by atoms with Crippen molar-refractivity contribution in [2.45, 2.75) is 27.4 Å². The van der Waals surface area contributed by atoms with Gasteiger partial charge in [-0.1, -0.05) is 66.7 Å². The Labute approximate surface area is 305 Å². The van der Waals surface area contributed by atoms with Gasteiger partial charge in [0.15, 0.2) is 0 Å². The number of aryl methyl sites for hydroxylation is 3. The molecule has 0 unspecified atom stereocenters. The van der Waals surface area contributed by atoms with E-state index in [4.69, 9.17) is 10.5 Å². The van der Waals surface area contributed by atoms with Crippen LogP contribution in [-0.2, 0) is 30.5 Å². The van der Waals surface area contributed by atoms with Crippen LogP contribution in [0.1, 0.15) is 44.9 Å². The van der Waals surface area contributed by atoms with Gasteiger partial charge in [-0.15, -0.1) is 0 Å². The number of amides is 5. The number of nitrogens with two attached hydrogens (primary N) is 1. The van der Waals surface area contributed by atoms with Crippen molar-refractivity contribution in [2.24, 2.45) is 5.73 Å². The highest BCUT2D eigenvalue weighted by Crippen LogP contribution is 2.39. The minimum atomic E-state index is -0.726. The molecule has 0 spiro atoms. The zero-order valence-electron chi connectivity index (χ0n) is 29.4. The zero-order chi connectivity index (χ0) is 37.6. The highest BCUT2D eigenvalue weighted by molar-refractivity contribution is 6.43. The van der Waals surface area contributed by atoms with E-state index in [1.165, 1.54) is 0 Å². The van der Waals surface area contributed by atoms with Crippen LogP contribution >= 0.6 is 0 Å². The van der Waals surface area contributed by atoms with Gasteiger partial charge in [-0.3, -0.25) is 19.2 Å². The quantitative estimate of drug-likeness (QED) is 0.158. The van der Waals surface area contributed by atoms with Crippen molar-refractivity contribution in [3.63, 3.8) is 0 Å². The van der Waals surface area contributed by atoms with Gasteiger partial charge in [0.1, 0.15) is 13.2 Å². The van der Waals surface area contributed by atoms with Crippen molar-refractivity contribution >= 4 is 64.4 Å². The second kappa shape index (κ2) is 15.6. The summed E-state index contributed by atoms with van der Waals surface area (Å²) in [6.07, 6.45) is 4.63. The number of fused-ring (bicyclic) bond motifs is 2. The average molecular weight is 711 g/mol. The fourth-order valence-electron chi connectivity index (χ4n) is 6.15. The van der Waals surface area contributed by atoms with Crippen LogP contribution in [0.25, 0.3) is 23.3 Å². The molecule has 2 aliphatic heterocycles. The Balaban J connectivity index is 0.000000198. The standard InChI is InChI=1S/C25H23N3O4.C16H15N3O2/c1-16-12-17(2)27-21(16)13-20-19-10-6-7-11-22(19)28(24(20)30)23(29)14-26-25(31)32-15-18-8-4-3-5-9-18;1-10-6-7-18-13(10)8-12-11-4-2-3-5-14(11)19(16(12)21)15(20)9-17/h3-13,27H,14-15H2,1-2H3,(H,26,31);2-8,18H,9,17H2,1H3/b20-13-;12-8-. The molecule has 0 bridgehead atoms. The molecule has 12 heteroatoms. The molecule has 0 saturated heterocycles. The van der Waals surface area contributed by atoms with E-state index >= 15 is 0 Å². The highest BCUT2D eigenvalue weighted by Gasteiger charge is 2.37. The molecule has 0 aliphatic carbocycles. The number of aromatic amines is 2. The van der Waals surface area contributed by atoms with Crippen LogP contribution in [0.2, 0.25) is 0 Å². The number of ether oxygens (including phenoxy) is 1. The molecule has 2 aromatic heterocycles. The van der Waals surface area contributed by atoms with Crippen molar-refractivity contribution in [1.82, 2.24) is 15.3 Å². The summed E-state index contributed by atoms with van der Waals surface area (Å²) in [5.41, 5.74) is 14.4. The van der Waals surface area contributed by atoms with Crippen LogP contribution in [0, 0.1) is 20.8 Å². The van der Waals surface area contributed by atoms with Gasteiger partial charge in [0, 0.05) is 34.4 Å². The third-order valence-electron chi connectivity index (χ3n) is 8.77. The Morgan fingerprint density at radius 3 is 1.85 bits per heavy atom. The van der Waals surface area contributed by atoms with Crippen molar-refractivity contribution in [2.75, 3.05) is 22.9 Å². The first-order valence-electron chi connectivity index (χ1n) is 16.9. The molecular formula is C41H38N6O6. The Bertz CT molecular complexity index is 2280. The normalized spacial score (nSPS) is 14.6. The molecule has 0 radical (unpaired) electrons. The van der Waals surface area contributed by atoms with Crippen molar-refractivity contribution in [1.29, 1.82) is 0 Å². The average Bonchev–Trinajstić information content (AvgIpc) is 3.88. The number of hydrogen-bond donors (Lipinski definition) is 4. The van der Waals surface area contributed by atoms with E-state index in [0.717, 1.165) is 49.1 Å². The third-order valence-corrected chi connectivity index (χ3v) is 8.77. The van der Waals surface area contributed by atoms with E-state index < -0.39 is 23.8 Å². The topological polar surface area (TPSA) is 171 Å². The SMILES string of the molecule is Cc1cc(C)c(/C=C2\C(=O)N(C(=O)CNC(=O)OCc3ccccc3)c3ccccc32)[nH]1.Cc1cc[nH]c1/C=C1\C(=O)N(C(=O)CN)c2ccccc21. The molecular weight excluding hydrogens is 672 g/mol. The fraction of sp³-hybridized carbons (Fsp3) is 0.146. The van der Waals surface area contributed by atoms with Gasteiger partial charge in [0.25, 0.3) is 17.7 Å². The number of benzene rings is 3. The second-order valence-corrected chi connectivity index (χ2v) is 12.5. The molecule has 4 heterocycles. The Morgan fingerprint density at radius 1 is 0.736 bits per heavy atom. The Kier molecular flexibility index (Phi) is 10.6. The maximum atomic E-state index is 13.2. The molecule has 5 N–H and O–H groups in total. The number of carbonyl (C=O) groups is 5. The van der Waals surface area contributed by atoms with E-state index in [1.54, 1.807) is 42.5 Å². The maximum Gasteiger partial charge on any atom is 0.407 e. The summed E-state index contributed by atoms with van der Waals surface area (Å²) in [5, 5.41) is 2.43. The van der Waals surface area contributed by atoms with Crippen LogP contribution in [-0.4, -0.2) is 52.8 Å². The molecule has 2 aliphatic rings. The van der Waals surface area contributed by atoms with E-state index in [-0.39, 0.29) is 25.6 Å².